The number of halogens is 1. The van der Waals surface area contributed by atoms with Crippen LogP contribution in [0.2, 0.25) is 0 Å². The molecule has 1 aliphatic carbocycles. The summed E-state index contributed by atoms with van der Waals surface area (Å²) in [6.45, 7) is 7.04. The Kier molecular flexibility index (Phi) is 2.44. The van der Waals surface area contributed by atoms with Gasteiger partial charge in [-0.2, -0.15) is 0 Å². The van der Waals surface area contributed by atoms with Crippen molar-refractivity contribution < 1.29 is 0 Å². The highest BCUT2D eigenvalue weighted by molar-refractivity contribution is 9.09. The van der Waals surface area contributed by atoms with E-state index >= 15 is 0 Å². The van der Waals surface area contributed by atoms with Gasteiger partial charge >= 0.3 is 0 Å². The lowest BCUT2D eigenvalue weighted by atomic mass is 9.94. The molecule has 1 heteroatoms. The molecule has 0 N–H and O–H groups in total. The number of alkyl halides is 1. The minimum atomic E-state index is 0.692. The lowest BCUT2D eigenvalue weighted by Crippen LogP contribution is -2.03. The molecule has 0 saturated heterocycles. The zero-order valence-electron chi connectivity index (χ0n) is 7.15. The molecule has 0 bridgehead atoms. The zero-order chi connectivity index (χ0) is 7.78. The van der Waals surface area contributed by atoms with E-state index in [2.05, 4.69) is 36.7 Å². The van der Waals surface area contributed by atoms with Crippen LogP contribution in [0.25, 0.3) is 0 Å². The maximum absolute atomic E-state index is 3.54. The van der Waals surface area contributed by atoms with Crippen LogP contribution in [-0.4, -0.2) is 5.33 Å². The standard InChI is InChI=1S/C9H17Br/c1-7(2)4-9(3)5-8(9)6-10/h7-8H,4-6H2,1-3H3. The van der Waals surface area contributed by atoms with Crippen molar-refractivity contribution in [2.24, 2.45) is 17.3 Å². The Morgan fingerprint density at radius 3 is 2.50 bits per heavy atom. The highest BCUT2D eigenvalue weighted by Crippen LogP contribution is 2.56. The van der Waals surface area contributed by atoms with Crippen molar-refractivity contribution in [3.8, 4) is 0 Å². The van der Waals surface area contributed by atoms with Gasteiger partial charge in [0.05, 0.1) is 0 Å². The monoisotopic (exact) mass is 204 g/mol. The minimum Gasteiger partial charge on any atom is -0.0925 e. The van der Waals surface area contributed by atoms with Crippen LogP contribution in [0.1, 0.15) is 33.6 Å². The predicted molar refractivity (Wildman–Crippen MR) is 49.5 cm³/mol. The van der Waals surface area contributed by atoms with Gasteiger partial charge in [-0.05, 0) is 30.1 Å². The Labute approximate surface area is 72.5 Å². The first kappa shape index (κ1) is 8.58. The number of hydrogen-bond acceptors (Lipinski definition) is 0. The smallest absolute Gasteiger partial charge is 0.00650 e. The second-order valence-electron chi connectivity index (χ2n) is 4.31. The molecule has 0 heterocycles. The van der Waals surface area contributed by atoms with Crippen molar-refractivity contribution in [1.82, 2.24) is 0 Å². The van der Waals surface area contributed by atoms with Crippen LogP contribution in [0.3, 0.4) is 0 Å². The van der Waals surface area contributed by atoms with Gasteiger partial charge in [-0.3, -0.25) is 0 Å². The average Bonchev–Trinajstić information content (AvgIpc) is 2.39. The van der Waals surface area contributed by atoms with Crippen LogP contribution < -0.4 is 0 Å². The molecule has 0 spiro atoms. The Hall–Kier alpha value is 0.480. The lowest BCUT2D eigenvalue weighted by Gasteiger charge is -2.12. The predicted octanol–water partition coefficient (Wildman–Crippen LogP) is 3.45. The van der Waals surface area contributed by atoms with E-state index < -0.39 is 0 Å². The first-order valence-corrected chi connectivity index (χ1v) is 5.26. The topological polar surface area (TPSA) is 0 Å². The molecule has 10 heavy (non-hydrogen) atoms. The Balaban J connectivity index is 2.29. The second kappa shape index (κ2) is 2.84. The number of rotatable bonds is 3. The van der Waals surface area contributed by atoms with Crippen LogP contribution in [-0.2, 0) is 0 Å². The third-order valence-electron chi connectivity index (χ3n) is 2.60. The van der Waals surface area contributed by atoms with E-state index in [-0.39, 0.29) is 0 Å². The molecular weight excluding hydrogens is 188 g/mol. The van der Waals surface area contributed by atoms with E-state index in [0.717, 1.165) is 11.8 Å². The molecule has 1 rings (SSSR count). The van der Waals surface area contributed by atoms with Crippen LogP contribution in [0, 0.1) is 17.3 Å². The highest BCUT2D eigenvalue weighted by atomic mass is 79.9. The van der Waals surface area contributed by atoms with E-state index in [9.17, 15) is 0 Å². The van der Waals surface area contributed by atoms with Gasteiger partial charge in [-0.15, -0.1) is 0 Å². The fourth-order valence-corrected chi connectivity index (χ4v) is 2.94. The lowest BCUT2D eigenvalue weighted by molar-refractivity contribution is 0.397. The van der Waals surface area contributed by atoms with Gasteiger partial charge < -0.3 is 0 Å². The zero-order valence-corrected chi connectivity index (χ0v) is 8.74. The molecule has 0 aromatic carbocycles. The molecule has 2 unspecified atom stereocenters. The van der Waals surface area contributed by atoms with Crippen LogP contribution in [0.5, 0.6) is 0 Å². The summed E-state index contributed by atoms with van der Waals surface area (Å²) in [5.41, 5.74) is 0.692. The third kappa shape index (κ3) is 1.75. The largest absolute Gasteiger partial charge is 0.0925 e. The van der Waals surface area contributed by atoms with Crippen molar-refractivity contribution >= 4 is 15.9 Å². The molecule has 0 aromatic heterocycles. The van der Waals surface area contributed by atoms with Gasteiger partial charge in [0.2, 0.25) is 0 Å². The second-order valence-corrected chi connectivity index (χ2v) is 4.95. The van der Waals surface area contributed by atoms with Crippen molar-refractivity contribution in [2.75, 3.05) is 5.33 Å². The summed E-state index contributed by atoms with van der Waals surface area (Å²) in [6.07, 6.45) is 2.85. The third-order valence-corrected chi connectivity index (χ3v) is 3.38. The highest BCUT2D eigenvalue weighted by Gasteiger charge is 2.48. The quantitative estimate of drug-likeness (QED) is 0.619. The van der Waals surface area contributed by atoms with E-state index in [1.54, 1.807) is 0 Å². The molecule has 0 aromatic rings. The first-order chi connectivity index (χ1) is 4.58. The van der Waals surface area contributed by atoms with Gasteiger partial charge in [0.15, 0.2) is 0 Å². The van der Waals surface area contributed by atoms with Crippen LogP contribution in [0.15, 0.2) is 0 Å². The molecule has 1 aliphatic rings. The maximum Gasteiger partial charge on any atom is 0.00650 e. The van der Waals surface area contributed by atoms with Crippen molar-refractivity contribution in [2.45, 2.75) is 33.6 Å². The molecule has 1 saturated carbocycles. The summed E-state index contributed by atoms with van der Waals surface area (Å²) in [6, 6.07) is 0. The number of hydrogen-bond donors (Lipinski definition) is 0. The van der Waals surface area contributed by atoms with Crippen molar-refractivity contribution in [3.05, 3.63) is 0 Å². The Morgan fingerprint density at radius 1 is 1.60 bits per heavy atom. The van der Waals surface area contributed by atoms with E-state index in [0.29, 0.717) is 5.41 Å². The van der Waals surface area contributed by atoms with Gasteiger partial charge in [0.25, 0.3) is 0 Å². The summed E-state index contributed by atoms with van der Waals surface area (Å²) < 4.78 is 0. The molecule has 2 atom stereocenters. The Morgan fingerprint density at radius 2 is 2.20 bits per heavy atom. The molecule has 0 nitrogen and oxygen atoms in total. The van der Waals surface area contributed by atoms with Crippen LogP contribution in [0.4, 0.5) is 0 Å². The summed E-state index contributed by atoms with van der Waals surface area (Å²) in [7, 11) is 0. The van der Waals surface area contributed by atoms with Crippen molar-refractivity contribution in [3.63, 3.8) is 0 Å². The van der Waals surface area contributed by atoms with Gasteiger partial charge in [-0.25, -0.2) is 0 Å². The van der Waals surface area contributed by atoms with Gasteiger partial charge in [0, 0.05) is 5.33 Å². The first-order valence-electron chi connectivity index (χ1n) is 4.14. The summed E-state index contributed by atoms with van der Waals surface area (Å²) in [5.74, 6) is 1.84. The average molecular weight is 205 g/mol. The minimum absolute atomic E-state index is 0.692. The summed E-state index contributed by atoms with van der Waals surface area (Å²) >= 11 is 3.54. The normalized spacial score (nSPS) is 38.7. The molecule has 1 fully saturated rings. The molecule has 0 amide bonds. The maximum atomic E-state index is 3.54. The SMILES string of the molecule is CC(C)CC1(C)CC1CBr. The fraction of sp³-hybridized carbons (Fsp3) is 1.00. The molecule has 60 valence electrons. The van der Waals surface area contributed by atoms with E-state index in [1.165, 1.54) is 18.2 Å². The summed E-state index contributed by atoms with van der Waals surface area (Å²) in [5, 5.41) is 1.20. The van der Waals surface area contributed by atoms with E-state index in [1.807, 2.05) is 0 Å². The Bertz CT molecular complexity index is 120. The molecular formula is C9H17Br. The van der Waals surface area contributed by atoms with Gasteiger partial charge in [0.1, 0.15) is 0 Å². The molecule has 0 radical (unpaired) electrons. The summed E-state index contributed by atoms with van der Waals surface area (Å²) in [4.78, 5) is 0. The van der Waals surface area contributed by atoms with Crippen molar-refractivity contribution in [1.29, 1.82) is 0 Å². The van der Waals surface area contributed by atoms with E-state index in [4.69, 9.17) is 0 Å². The van der Waals surface area contributed by atoms with Crippen LogP contribution >= 0.6 is 15.9 Å². The fourth-order valence-electron chi connectivity index (χ4n) is 1.93. The van der Waals surface area contributed by atoms with Gasteiger partial charge in [-0.1, -0.05) is 36.7 Å². The molecule has 0 aliphatic heterocycles.